The lowest BCUT2D eigenvalue weighted by molar-refractivity contribution is -0.124. The van der Waals surface area contributed by atoms with E-state index >= 15 is 0 Å². The molecule has 0 radical (unpaired) electrons. The topological polar surface area (TPSA) is 94.1 Å². The number of fused-ring (bicyclic) bond motifs is 1. The number of rotatable bonds is 5. The van der Waals surface area contributed by atoms with Crippen LogP contribution in [-0.4, -0.2) is 32.9 Å². The van der Waals surface area contributed by atoms with Crippen LogP contribution in [0.2, 0.25) is 0 Å². The van der Waals surface area contributed by atoms with Crippen LogP contribution in [0.15, 0.2) is 48.9 Å². The average molecular weight is 350 g/mol. The van der Waals surface area contributed by atoms with Crippen LogP contribution in [0.1, 0.15) is 29.3 Å². The number of para-hydroxylation sites is 1. The summed E-state index contributed by atoms with van der Waals surface area (Å²) in [6.07, 6.45) is 4.04. The molecule has 0 aliphatic rings. The molecule has 7 heteroatoms. The summed E-state index contributed by atoms with van der Waals surface area (Å²) in [5, 5.41) is 2.70. The van der Waals surface area contributed by atoms with E-state index in [0.717, 1.165) is 5.56 Å². The summed E-state index contributed by atoms with van der Waals surface area (Å²) >= 11 is 0. The van der Waals surface area contributed by atoms with Crippen molar-refractivity contribution in [3.8, 4) is 0 Å². The number of benzene rings is 1. The van der Waals surface area contributed by atoms with Gasteiger partial charge in [-0.2, -0.15) is 0 Å². The van der Waals surface area contributed by atoms with Crippen LogP contribution >= 0.6 is 0 Å². The van der Waals surface area contributed by atoms with E-state index in [4.69, 9.17) is 4.74 Å². The number of hydrogen-bond donors (Lipinski definition) is 1. The number of aromatic nitrogens is 3. The Morgan fingerprint density at radius 1 is 1.08 bits per heavy atom. The lowest BCUT2D eigenvalue weighted by Gasteiger charge is -2.16. The molecular weight excluding hydrogens is 332 g/mol. The molecule has 3 aromatic rings. The van der Waals surface area contributed by atoms with Crippen molar-refractivity contribution in [1.29, 1.82) is 0 Å². The number of aryl methyl sites for hydroxylation is 1. The van der Waals surface area contributed by atoms with Crippen molar-refractivity contribution in [2.75, 3.05) is 5.32 Å². The third-order valence-electron chi connectivity index (χ3n) is 3.88. The Morgan fingerprint density at radius 2 is 1.88 bits per heavy atom. The molecule has 1 unspecified atom stereocenters. The van der Waals surface area contributed by atoms with Crippen molar-refractivity contribution in [3.05, 3.63) is 60.0 Å². The Balaban J connectivity index is 1.78. The van der Waals surface area contributed by atoms with Gasteiger partial charge in [0.25, 0.3) is 5.91 Å². The lowest BCUT2D eigenvalue weighted by Crippen LogP contribution is -2.32. The van der Waals surface area contributed by atoms with Gasteiger partial charge < -0.3 is 10.1 Å². The second-order valence-electron chi connectivity index (χ2n) is 5.69. The van der Waals surface area contributed by atoms with Crippen molar-refractivity contribution >= 4 is 28.7 Å². The van der Waals surface area contributed by atoms with E-state index in [1.165, 1.54) is 6.20 Å². The van der Waals surface area contributed by atoms with Gasteiger partial charge in [0.1, 0.15) is 11.3 Å². The van der Waals surface area contributed by atoms with Gasteiger partial charge in [0, 0.05) is 18.6 Å². The van der Waals surface area contributed by atoms with Crippen LogP contribution in [-0.2, 0) is 9.53 Å². The molecule has 0 saturated heterocycles. The maximum atomic E-state index is 12.6. The average Bonchev–Trinajstić information content (AvgIpc) is 2.67. The Hall–Kier alpha value is -3.35. The number of hydrogen-bond acceptors (Lipinski definition) is 6. The van der Waals surface area contributed by atoms with Gasteiger partial charge in [0.05, 0.1) is 11.1 Å². The summed E-state index contributed by atoms with van der Waals surface area (Å²) in [6.45, 7) is 3.61. The maximum Gasteiger partial charge on any atom is 0.341 e. The summed E-state index contributed by atoms with van der Waals surface area (Å²) in [5.74, 6) is -0.590. The third kappa shape index (κ3) is 3.66. The molecule has 0 aliphatic carbocycles. The molecule has 0 bridgehead atoms. The highest BCUT2D eigenvalue weighted by atomic mass is 16.5. The first-order valence-electron chi connectivity index (χ1n) is 8.23. The first kappa shape index (κ1) is 17.5. The maximum absolute atomic E-state index is 12.6. The van der Waals surface area contributed by atoms with Crippen molar-refractivity contribution < 1.29 is 14.3 Å². The van der Waals surface area contributed by atoms with Gasteiger partial charge in [-0.25, -0.2) is 9.78 Å². The molecule has 3 rings (SSSR count). The normalized spacial score (nSPS) is 11.8. The minimum atomic E-state index is -0.934. The third-order valence-corrected chi connectivity index (χ3v) is 3.88. The molecule has 132 valence electrons. The van der Waals surface area contributed by atoms with Crippen LogP contribution in [0.5, 0.6) is 0 Å². The Labute approximate surface area is 150 Å². The quantitative estimate of drug-likeness (QED) is 0.711. The Kier molecular flexibility index (Phi) is 5.17. The number of carbonyl (C=O) groups is 2. The van der Waals surface area contributed by atoms with E-state index in [0.29, 0.717) is 23.3 Å². The fourth-order valence-corrected chi connectivity index (χ4v) is 2.49. The van der Waals surface area contributed by atoms with E-state index < -0.39 is 18.0 Å². The monoisotopic (exact) mass is 350 g/mol. The van der Waals surface area contributed by atoms with E-state index in [-0.39, 0.29) is 5.56 Å². The van der Waals surface area contributed by atoms with Gasteiger partial charge >= 0.3 is 5.97 Å². The largest absolute Gasteiger partial charge is 0.449 e. The number of nitrogens with zero attached hydrogens (tertiary/aromatic N) is 3. The number of nitrogens with one attached hydrogen (secondary N) is 1. The zero-order valence-corrected chi connectivity index (χ0v) is 14.5. The lowest BCUT2D eigenvalue weighted by atomic mass is 10.1. The highest BCUT2D eigenvalue weighted by molar-refractivity contribution is 6.03. The Morgan fingerprint density at radius 3 is 2.65 bits per heavy atom. The second-order valence-corrected chi connectivity index (χ2v) is 5.69. The molecule has 0 spiro atoms. The van der Waals surface area contributed by atoms with Crippen molar-refractivity contribution in [1.82, 2.24) is 15.0 Å². The smallest absolute Gasteiger partial charge is 0.341 e. The number of esters is 1. The van der Waals surface area contributed by atoms with Gasteiger partial charge in [-0.1, -0.05) is 19.1 Å². The predicted molar refractivity (Wildman–Crippen MR) is 96.6 cm³/mol. The van der Waals surface area contributed by atoms with Crippen LogP contribution < -0.4 is 5.32 Å². The summed E-state index contributed by atoms with van der Waals surface area (Å²) in [5.41, 5.74) is 2.13. The molecule has 1 N–H and O–H groups in total. The number of ether oxygens (including phenoxy) is 1. The molecule has 7 nitrogen and oxygen atoms in total. The van der Waals surface area contributed by atoms with Gasteiger partial charge in [0.15, 0.2) is 6.10 Å². The van der Waals surface area contributed by atoms with Gasteiger partial charge in [-0.05, 0) is 37.1 Å². The van der Waals surface area contributed by atoms with Gasteiger partial charge in [-0.3, -0.25) is 14.8 Å². The van der Waals surface area contributed by atoms with Gasteiger partial charge in [0.2, 0.25) is 0 Å². The molecule has 0 saturated carbocycles. The van der Waals surface area contributed by atoms with Crippen LogP contribution in [0, 0.1) is 6.92 Å². The number of carbonyl (C=O) groups excluding carboxylic acids is 2. The van der Waals surface area contributed by atoms with Gasteiger partial charge in [-0.15, -0.1) is 0 Å². The van der Waals surface area contributed by atoms with Crippen LogP contribution in [0.25, 0.3) is 11.0 Å². The number of pyridine rings is 1. The second kappa shape index (κ2) is 7.69. The zero-order valence-electron chi connectivity index (χ0n) is 14.5. The highest BCUT2D eigenvalue weighted by Gasteiger charge is 2.24. The number of anilines is 1. The number of amides is 1. The standard InChI is InChI=1S/C19H18N4O3/c1-3-15(18(24)23-17-12(2)6-5-9-22-17)26-19(25)13-7-4-8-14-16(13)21-11-10-20-14/h4-11,15H,3H2,1-2H3,(H,22,23,24). The summed E-state index contributed by atoms with van der Waals surface area (Å²) in [6, 6.07) is 8.68. The molecule has 26 heavy (non-hydrogen) atoms. The van der Waals surface area contributed by atoms with Crippen molar-refractivity contribution in [2.45, 2.75) is 26.4 Å². The fourth-order valence-electron chi connectivity index (χ4n) is 2.49. The first-order chi connectivity index (χ1) is 12.6. The van der Waals surface area contributed by atoms with E-state index in [2.05, 4.69) is 20.3 Å². The molecule has 2 aromatic heterocycles. The molecule has 2 heterocycles. The summed E-state index contributed by atoms with van der Waals surface area (Å²) < 4.78 is 5.42. The first-order valence-corrected chi connectivity index (χ1v) is 8.23. The minimum Gasteiger partial charge on any atom is -0.449 e. The van der Waals surface area contributed by atoms with Crippen molar-refractivity contribution in [3.63, 3.8) is 0 Å². The molecule has 0 fully saturated rings. The Bertz CT molecular complexity index is 953. The minimum absolute atomic E-state index is 0.274. The van der Waals surface area contributed by atoms with Crippen molar-refractivity contribution in [2.24, 2.45) is 0 Å². The van der Waals surface area contributed by atoms with E-state index in [1.807, 2.05) is 13.0 Å². The van der Waals surface area contributed by atoms with Crippen LogP contribution in [0.4, 0.5) is 5.82 Å². The summed E-state index contributed by atoms with van der Waals surface area (Å²) in [4.78, 5) is 37.5. The fraction of sp³-hybridized carbons (Fsp3) is 0.211. The molecular formula is C19H18N4O3. The van der Waals surface area contributed by atoms with E-state index in [9.17, 15) is 9.59 Å². The molecule has 1 amide bonds. The zero-order chi connectivity index (χ0) is 18.5. The van der Waals surface area contributed by atoms with E-state index in [1.54, 1.807) is 43.6 Å². The highest BCUT2D eigenvalue weighted by Crippen LogP contribution is 2.17. The summed E-state index contributed by atoms with van der Waals surface area (Å²) in [7, 11) is 0. The predicted octanol–water partition coefficient (Wildman–Crippen LogP) is 2.91. The molecule has 0 aliphatic heterocycles. The molecule has 1 atom stereocenters. The SMILES string of the molecule is CCC(OC(=O)c1cccc2nccnc12)C(=O)Nc1ncccc1C. The van der Waals surface area contributed by atoms with Crippen LogP contribution in [0.3, 0.4) is 0 Å². The molecule has 1 aromatic carbocycles.